The smallest absolute Gasteiger partial charge is 0.290 e. The van der Waals surface area contributed by atoms with Crippen LogP contribution in [-0.2, 0) is 21.4 Å². The first-order chi connectivity index (χ1) is 17.6. The zero-order valence-corrected chi connectivity index (χ0v) is 21.1. The first-order valence-electron chi connectivity index (χ1n) is 11.3. The van der Waals surface area contributed by atoms with Gasteiger partial charge < -0.3 is 10.0 Å². The Balaban J connectivity index is 0.00000121. The number of benzene rings is 2. The molecule has 1 aromatic heterocycles. The van der Waals surface area contributed by atoms with Crippen molar-refractivity contribution >= 4 is 28.0 Å². The van der Waals surface area contributed by atoms with Crippen LogP contribution in [-0.4, -0.2) is 56.1 Å². The quantitative estimate of drug-likeness (QED) is 0.347. The van der Waals surface area contributed by atoms with Gasteiger partial charge in [0.05, 0.1) is 0 Å². The van der Waals surface area contributed by atoms with Crippen LogP contribution >= 0.6 is 0 Å². The number of anilines is 2. The van der Waals surface area contributed by atoms with Gasteiger partial charge in [-0.05, 0) is 37.1 Å². The van der Waals surface area contributed by atoms with Crippen molar-refractivity contribution in [2.75, 3.05) is 29.8 Å². The Hall–Kier alpha value is -3.64. The van der Waals surface area contributed by atoms with Crippen LogP contribution in [0.1, 0.15) is 17.5 Å². The van der Waals surface area contributed by atoms with Crippen LogP contribution in [0.4, 0.5) is 24.7 Å². The molecule has 1 aliphatic heterocycles. The molecule has 2 heterocycles. The van der Waals surface area contributed by atoms with Gasteiger partial charge in [0.25, 0.3) is 16.5 Å². The molecule has 2 N–H and O–H groups in total. The number of hydrogen-bond donors (Lipinski definition) is 2. The highest BCUT2D eigenvalue weighted by molar-refractivity contribution is 7.92. The third kappa shape index (κ3) is 6.77. The summed E-state index contributed by atoms with van der Waals surface area (Å²) >= 11 is 0. The van der Waals surface area contributed by atoms with Gasteiger partial charge in [-0.2, -0.15) is 4.39 Å². The number of aromatic nitrogens is 1. The number of rotatable bonds is 7. The fourth-order valence-electron chi connectivity index (χ4n) is 4.26. The molecule has 8 nitrogen and oxygen atoms in total. The molecule has 0 spiro atoms. The van der Waals surface area contributed by atoms with E-state index in [-0.39, 0.29) is 29.6 Å². The zero-order valence-electron chi connectivity index (χ0n) is 20.2. The molecule has 1 atom stereocenters. The number of carbonyl (C=O) groups is 1. The van der Waals surface area contributed by atoms with E-state index in [0.717, 1.165) is 31.6 Å². The Morgan fingerprint density at radius 3 is 2.49 bits per heavy atom. The van der Waals surface area contributed by atoms with Crippen LogP contribution in [0.15, 0.2) is 59.5 Å². The molecule has 0 amide bonds. The summed E-state index contributed by atoms with van der Waals surface area (Å²) < 4.78 is 70.8. The molecular weight excluding hydrogens is 509 g/mol. The second kappa shape index (κ2) is 12.1. The number of hydrogen-bond acceptors (Lipinski definition) is 6. The largest absolute Gasteiger partial charge is 0.483 e. The summed E-state index contributed by atoms with van der Waals surface area (Å²) in [5.41, 5.74) is 1.48. The van der Waals surface area contributed by atoms with Crippen molar-refractivity contribution in [3.05, 3.63) is 83.3 Å². The van der Waals surface area contributed by atoms with Crippen molar-refractivity contribution in [3.63, 3.8) is 0 Å². The van der Waals surface area contributed by atoms with Gasteiger partial charge >= 0.3 is 0 Å². The first-order valence-corrected chi connectivity index (χ1v) is 12.8. The molecule has 0 radical (unpaired) electrons. The highest BCUT2D eigenvalue weighted by Crippen LogP contribution is 2.33. The van der Waals surface area contributed by atoms with Gasteiger partial charge in [-0.15, -0.1) is 0 Å². The molecule has 4 rings (SSSR count). The number of nitrogens with one attached hydrogen (secondary N) is 1. The Labute approximate surface area is 213 Å². The summed E-state index contributed by atoms with van der Waals surface area (Å²) in [6.45, 7) is 3.49. The predicted molar refractivity (Wildman–Crippen MR) is 133 cm³/mol. The van der Waals surface area contributed by atoms with Crippen LogP contribution in [0.2, 0.25) is 0 Å². The SMILES string of the molecule is Cc1c(N(C)[C@H]2CCN(Cc3ccccc3)C2)cc(F)c(S(=O)(=O)Nc2cccc(F)n2)c1F.O=CO. The second-order valence-corrected chi connectivity index (χ2v) is 10.1. The van der Waals surface area contributed by atoms with Crippen molar-refractivity contribution in [2.45, 2.75) is 30.8 Å². The molecule has 0 saturated carbocycles. The van der Waals surface area contributed by atoms with Crippen molar-refractivity contribution < 1.29 is 31.5 Å². The van der Waals surface area contributed by atoms with Crippen LogP contribution in [0.5, 0.6) is 0 Å². The van der Waals surface area contributed by atoms with Crippen LogP contribution in [0, 0.1) is 24.5 Å². The van der Waals surface area contributed by atoms with Gasteiger partial charge in [0, 0.05) is 44.0 Å². The van der Waals surface area contributed by atoms with Gasteiger partial charge in [0.1, 0.15) is 11.6 Å². The van der Waals surface area contributed by atoms with Gasteiger partial charge in [-0.1, -0.05) is 36.4 Å². The summed E-state index contributed by atoms with van der Waals surface area (Å²) in [5, 5.41) is 6.89. The molecule has 1 aliphatic rings. The number of likely N-dealkylation sites (tertiary alicyclic amines) is 1. The van der Waals surface area contributed by atoms with Gasteiger partial charge in [0.2, 0.25) is 5.95 Å². The Kier molecular flexibility index (Phi) is 9.11. The molecule has 2 aromatic carbocycles. The highest BCUT2D eigenvalue weighted by atomic mass is 32.2. The zero-order chi connectivity index (χ0) is 27.2. The maximum absolute atomic E-state index is 15.2. The van der Waals surface area contributed by atoms with Crippen LogP contribution in [0.25, 0.3) is 0 Å². The van der Waals surface area contributed by atoms with E-state index in [4.69, 9.17) is 9.90 Å². The lowest BCUT2D eigenvalue weighted by Crippen LogP contribution is -2.35. The number of nitrogens with zero attached hydrogens (tertiary/aromatic N) is 3. The molecule has 0 bridgehead atoms. The van der Waals surface area contributed by atoms with E-state index in [1.807, 2.05) is 22.9 Å². The van der Waals surface area contributed by atoms with Gasteiger partial charge in [0.15, 0.2) is 10.7 Å². The lowest BCUT2D eigenvalue weighted by Gasteiger charge is -2.29. The number of carboxylic acid groups (broad SMARTS) is 1. The van der Waals surface area contributed by atoms with Crippen LogP contribution in [0.3, 0.4) is 0 Å². The number of pyridine rings is 1. The molecule has 37 heavy (non-hydrogen) atoms. The van der Waals surface area contributed by atoms with E-state index in [9.17, 15) is 17.2 Å². The van der Waals surface area contributed by atoms with Crippen molar-refractivity contribution in [1.82, 2.24) is 9.88 Å². The fourth-order valence-corrected chi connectivity index (χ4v) is 5.45. The molecule has 1 saturated heterocycles. The molecule has 12 heteroatoms. The minimum atomic E-state index is -4.67. The second-order valence-electron chi connectivity index (χ2n) is 8.48. The standard InChI is InChI=1S/C24H25F3N4O2S.CH2O2/c1-16-20(30(2)18-11-12-31(15-18)14-17-7-4-3-5-8-17)13-19(25)24(23(16)27)34(32,33)29-22-10-6-9-21(26)28-22;2-1-3/h3-10,13,18H,11-12,14-15H2,1-2H3,(H,28,29);1H,(H,2,3)/t18-;/m0./s1. The maximum Gasteiger partial charge on any atom is 0.290 e. The topological polar surface area (TPSA) is 103 Å². The van der Waals surface area contributed by atoms with Crippen molar-refractivity contribution in [3.8, 4) is 0 Å². The minimum absolute atomic E-state index is 0.0120. The third-order valence-corrected chi connectivity index (χ3v) is 7.43. The predicted octanol–water partition coefficient (Wildman–Crippen LogP) is 4.02. The van der Waals surface area contributed by atoms with Crippen LogP contribution < -0.4 is 9.62 Å². The number of sulfonamides is 1. The van der Waals surface area contributed by atoms with E-state index in [2.05, 4.69) is 22.0 Å². The van der Waals surface area contributed by atoms with E-state index in [1.54, 1.807) is 11.9 Å². The third-order valence-electron chi connectivity index (χ3n) is 6.04. The molecule has 198 valence electrons. The summed E-state index contributed by atoms with van der Waals surface area (Å²) in [5.74, 6) is -3.72. The number of likely N-dealkylation sites (N-methyl/N-ethyl adjacent to an activating group) is 1. The lowest BCUT2D eigenvalue weighted by molar-refractivity contribution is -0.122. The van der Waals surface area contributed by atoms with Crippen molar-refractivity contribution in [2.24, 2.45) is 0 Å². The maximum atomic E-state index is 15.2. The summed E-state index contributed by atoms with van der Waals surface area (Å²) in [4.78, 5) is 14.7. The summed E-state index contributed by atoms with van der Waals surface area (Å²) in [6, 6.07) is 14.5. The molecular formula is C25H27F3N4O4S. The summed E-state index contributed by atoms with van der Waals surface area (Å²) in [6.07, 6.45) is 0.804. The van der Waals surface area contributed by atoms with E-state index >= 15 is 4.39 Å². The van der Waals surface area contributed by atoms with Gasteiger partial charge in [-0.25, -0.2) is 22.2 Å². The minimum Gasteiger partial charge on any atom is -0.483 e. The molecule has 3 aromatic rings. The fraction of sp³-hybridized carbons (Fsp3) is 0.280. The Morgan fingerprint density at radius 1 is 1.16 bits per heavy atom. The molecule has 0 unspecified atom stereocenters. The Morgan fingerprint density at radius 2 is 1.84 bits per heavy atom. The lowest BCUT2D eigenvalue weighted by atomic mass is 10.1. The van der Waals surface area contributed by atoms with Gasteiger partial charge in [-0.3, -0.25) is 14.4 Å². The average molecular weight is 537 g/mol. The average Bonchev–Trinajstić information content (AvgIpc) is 3.30. The van der Waals surface area contributed by atoms with E-state index in [0.29, 0.717) is 6.54 Å². The normalized spacial score (nSPS) is 15.5. The number of halogens is 3. The van der Waals surface area contributed by atoms with E-state index in [1.165, 1.54) is 24.6 Å². The first kappa shape index (κ1) is 27.9. The van der Waals surface area contributed by atoms with E-state index < -0.39 is 32.5 Å². The highest BCUT2D eigenvalue weighted by Gasteiger charge is 2.32. The monoisotopic (exact) mass is 536 g/mol. The molecule has 1 fully saturated rings. The molecule has 0 aliphatic carbocycles. The summed E-state index contributed by atoms with van der Waals surface area (Å²) in [7, 11) is -2.92. The Bertz CT molecular complexity index is 1340. The van der Waals surface area contributed by atoms with Crippen molar-refractivity contribution in [1.29, 1.82) is 0 Å².